The van der Waals surface area contributed by atoms with Gasteiger partial charge < -0.3 is 0 Å². The number of hydrogen-bond donors (Lipinski definition) is 2. The predicted octanol–water partition coefficient (Wildman–Crippen LogP) is 2.99. The molecule has 0 fully saturated rings. The van der Waals surface area contributed by atoms with Crippen LogP contribution in [0.2, 0.25) is 0 Å². The van der Waals surface area contributed by atoms with Gasteiger partial charge in [0, 0.05) is 12.4 Å². The number of halogens is 4. The number of rotatable bonds is 4. The van der Waals surface area contributed by atoms with Gasteiger partial charge in [-0.15, -0.1) is 0 Å². The second-order valence-electron chi connectivity index (χ2n) is 4.52. The van der Waals surface area contributed by atoms with Gasteiger partial charge in [0.2, 0.25) is 0 Å². The third kappa shape index (κ3) is 3.77. The van der Waals surface area contributed by atoms with Gasteiger partial charge in [-0.2, -0.15) is 13.2 Å². The van der Waals surface area contributed by atoms with Gasteiger partial charge in [-0.25, -0.2) is 4.39 Å². The highest BCUT2D eigenvalue weighted by molar-refractivity contribution is 5.29. The Balaban J connectivity index is 2.25. The number of nitrogens with zero attached hydrogens (tertiary/aromatic N) is 1. The number of benzene rings is 1. The van der Waals surface area contributed by atoms with Crippen LogP contribution in [0.3, 0.4) is 0 Å². The summed E-state index contributed by atoms with van der Waals surface area (Å²) in [5.41, 5.74) is 2.43. The van der Waals surface area contributed by atoms with Crippen molar-refractivity contribution in [1.29, 1.82) is 0 Å². The van der Waals surface area contributed by atoms with Crippen molar-refractivity contribution in [2.45, 2.75) is 18.6 Å². The van der Waals surface area contributed by atoms with Gasteiger partial charge in [0.15, 0.2) is 0 Å². The number of hydrazine groups is 1. The Labute approximate surface area is 118 Å². The molecular weight excluding hydrogens is 286 g/mol. The molecule has 0 saturated carbocycles. The van der Waals surface area contributed by atoms with Gasteiger partial charge in [0.25, 0.3) is 0 Å². The summed E-state index contributed by atoms with van der Waals surface area (Å²) in [5.74, 6) is 4.11. The van der Waals surface area contributed by atoms with E-state index < -0.39 is 23.6 Å². The number of alkyl halides is 3. The topological polar surface area (TPSA) is 50.9 Å². The molecule has 1 unspecified atom stereocenters. The second kappa shape index (κ2) is 6.19. The minimum Gasteiger partial charge on any atom is -0.271 e. The SMILES string of the molecule is NNC(Cc1ccncc1)c1ccc(C(F)(F)F)c(F)c1. The fraction of sp³-hybridized carbons (Fsp3) is 0.214. The lowest BCUT2D eigenvalue weighted by Gasteiger charge is -2.18. The molecule has 2 aromatic rings. The summed E-state index contributed by atoms with van der Waals surface area (Å²) < 4.78 is 51.2. The molecule has 0 saturated heterocycles. The normalized spacial score (nSPS) is 13.2. The van der Waals surface area contributed by atoms with Gasteiger partial charge in [0.05, 0.1) is 11.6 Å². The minimum absolute atomic E-state index is 0.347. The smallest absolute Gasteiger partial charge is 0.271 e. The molecule has 0 radical (unpaired) electrons. The summed E-state index contributed by atoms with van der Waals surface area (Å²) >= 11 is 0. The molecule has 2 rings (SSSR count). The van der Waals surface area contributed by atoms with Gasteiger partial charge in [-0.05, 0) is 41.8 Å². The van der Waals surface area contributed by atoms with Crippen molar-refractivity contribution >= 4 is 0 Å². The van der Waals surface area contributed by atoms with Crippen molar-refractivity contribution in [3.05, 3.63) is 65.2 Å². The van der Waals surface area contributed by atoms with Gasteiger partial charge >= 0.3 is 6.18 Å². The van der Waals surface area contributed by atoms with E-state index in [1.165, 1.54) is 6.07 Å². The highest BCUT2D eigenvalue weighted by Crippen LogP contribution is 2.32. The first-order valence-electron chi connectivity index (χ1n) is 6.13. The zero-order valence-corrected chi connectivity index (χ0v) is 10.9. The van der Waals surface area contributed by atoms with Crippen LogP contribution in [0.5, 0.6) is 0 Å². The number of pyridine rings is 1. The largest absolute Gasteiger partial charge is 0.419 e. The molecule has 1 aromatic carbocycles. The molecular formula is C14H13F4N3. The molecule has 21 heavy (non-hydrogen) atoms. The molecule has 3 N–H and O–H groups in total. The molecule has 3 nitrogen and oxygen atoms in total. The van der Waals surface area contributed by atoms with E-state index in [1.54, 1.807) is 24.5 Å². The Hall–Kier alpha value is -1.99. The van der Waals surface area contributed by atoms with E-state index in [1.807, 2.05) is 0 Å². The molecule has 0 aliphatic carbocycles. The lowest BCUT2D eigenvalue weighted by molar-refractivity contribution is -0.140. The van der Waals surface area contributed by atoms with Crippen LogP contribution in [-0.4, -0.2) is 4.98 Å². The summed E-state index contributed by atoms with van der Waals surface area (Å²) in [7, 11) is 0. The summed E-state index contributed by atoms with van der Waals surface area (Å²) in [5, 5.41) is 0. The lowest BCUT2D eigenvalue weighted by Crippen LogP contribution is -2.29. The predicted molar refractivity (Wildman–Crippen MR) is 69.4 cm³/mol. The first-order chi connectivity index (χ1) is 9.91. The number of aromatic nitrogens is 1. The van der Waals surface area contributed by atoms with Crippen LogP contribution in [0.1, 0.15) is 22.7 Å². The van der Waals surface area contributed by atoms with Crippen molar-refractivity contribution < 1.29 is 17.6 Å². The molecule has 1 aromatic heterocycles. The maximum atomic E-state index is 13.6. The number of hydrogen-bond acceptors (Lipinski definition) is 3. The van der Waals surface area contributed by atoms with Crippen LogP contribution in [0.15, 0.2) is 42.7 Å². The molecule has 0 spiro atoms. The van der Waals surface area contributed by atoms with Crippen molar-refractivity contribution in [3.8, 4) is 0 Å². The second-order valence-corrected chi connectivity index (χ2v) is 4.52. The van der Waals surface area contributed by atoms with E-state index in [0.29, 0.717) is 12.0 Å². The Bertz CT molecular complexity index is 599. The van der Waals surface area contributed by atoms with Crippen molar-refractivity contribution in [2.75, 3.05) is 0 Å². The molecule has 0 amide bonds. The Kier molecular flexibility index (Phi) is 4.54. The average Bonchev–Trinajstić information content (AvgIpc) is 2.44. The highest BCUT2D eigenvalue weighted by atomic mass is 19.4. The van der Waals surface area contributed by atoms with Crippen LogP contribution in [0.4, 0.5) is 17.6 Å². The first-order valence-corrected chi connectivity index (χ1v) is 6.13. The summed E-state index contributed by atoms with van der Waals surface area (Å²) in [4.78, 5) is 3.87. The average molecular weight is 299 g/mol. The van der Waals surface area contributed by atoms with Crippen molar-refractivity contribution in [2.24, 2.45) is 5.84 Å². The van der Waals surface area contributed by atoms with Crippen LogP contribution in [0.25, 0.3) is 0 Å². The van der Waals surface area contributed by atoms with E-state index in [4.69, 9.17) is 5.84 Å². The van der Waals surface area contributed by atoms with Crippen LogP contribution >= 0.6 is 0 Å². The third-order valence-corrected chi connectivity index (χ3v) is 3.09. The first kappa shape index (κ1) is 15.4. The maximum Gasteiger partial charge on any atom is 0.419 e. The lowest BCUT2D eigenvalue weighted by atomic mass is 9.98. The molecule has 0 aliphatic rings. The number of nitrogens with one attached hydrogen (secondary N) is 1. The molecule has 112 valence electrons. The summed E-state index contributed by atoms with van der Waals surface area (Å²) in [6.07, 6.45) is -1.12. The standard InChI is InChI=1S/C14H13F4N3/c15-12-8-10(1-2-11(12)14(16,17)18)13(21-19)7-9-3-5-20-6-4-9/h1-6,8,13,21H,7,19H2. The van der Waals surface area contributed by atoms with Crippen LogP contribution in [-0.2, 0) is 12.6 Å². The van der Waals surface area contributed by atoms with Gasteiger partial charge in [0.1, 0.15) is 5.82 Å². The molecule has 1 atom stereocenters. The Morgan fingerprint density at radius 2 is 1.81 bits per heavy atom. The molecule has 7 heteroatoms. The number of nitrogens with two attached hydrogens (primary N) is 1. The highest BCUT2D eigenvalue weighted by Gasteiger charge is 2.34. The van der Waals surface area contributed by atoms with Gasteiger partial charge in [-0.1, -0.05) is 6.07 Å². The summed E-state index contributed by atoms with van der Waals surface area (Å²) in [6.45, 7) is 0. The fourth-order valence-corrected chi connectivity index (χ4v) is 2.01. The van der Waals surface area contributed by atoms with Crippen LogP contribution < -0.4 is 11.3 Å². The quantitative estimate of drug-likeness (QED) is 0.518. The van der Waals surface area contributed by atoms with Gasteiger partial charge in [-0.3, -0.25) is 16.3 Å². The zero-order chi connectivity index (χ0) is 15.5. The minimum atomic E-state index is -4.71. The van der Waals surface area contributed by atoms with E-state index in [0.717, 1.165) is 17.7 Å². The Morgan fingerprint density at radius 3 is 2.33 bits per heavy atom. The van der Waals surface area contributed by atoms with Crippen LogP contribution in [0, 0.1) is 5.82 Å². The maximum absolute atomic E-state index is 13.6. The van der Waals surface area contributed by atoms with E-state index in [-0.39, 0.29) is 0 Å². The fourth-order valence-electron chi connectivity index (χ4n) is 2.01. The monoisotopic (exact) mass is 299 g/mol. The van der Waals surface area contributed by atoms with E-state index >= 15 is 0 Å². The van der Waals surface area contributed by atoms with E-state index in [2.05, 4.69) is 10.4 Å². The van der Waals surface area contributed by atoms with Crippen molar-refractivity contribution in [3.63, 3.8) is 0 Å². The third-order valence-electron chi connectivity index (χ3n) is 3.09. The Morgan fingerprint density at radius 1 is 1.14 bits per heavy atom. The van der Waals surface area contributed by atoms with Crippen molar-refractivity contribution in [1.82, 2.24) is 10.4 Å². The zero-order valence-electron chi connectivity index (χ0n) is 10.9. The summed E-state index contributed by atoms with van der Waals surface area (Å²) in [6, 6.07) is 5.81. The molecule has 0 bridgehead atoms. The molecule has 0 aliphatic heterocycles. The van der Waals surface area contributed by atoms with E-state index in [9.17, 15) is 17.6 Å². The molecule has 1 heterocycles.